The van der Waals surface area contributed by atoms with Crippen LogP contribution in [-0.4, -0.2) is 18.9 Å². The maximum atomic E-state index is 14.9. The molecule has 1 aliphatic heterocycles. The number of benzene rings is 1. The minimum atomic E-state index is -5.01. The fourth-order valence-corrected chi connectivity index (χ4v) is 4.06. The van der Waals surface area contributed by atoms with Crippen molar-refractivity contribution >= 4 is 22.6 Å². The van der Waals surface area contributed by atoms with Crippen molar-refractivity contribution in [2.24, 2.45) is 0 Å². The van der Waals surface area contributed by atoms with Crippen LogP contribution in [0.15, 0.2) is 34.4 Å². The van der Waals surface area contributed by atoms with E-state index in [4.69, 9.17) is 11.6 Å². The molecule has 6 nitrogen and oxygen atoms in total. The largest absolute Gasteiger partial charge is 0.438 e. The molecular formula is C19H15ClF4N4O2. The monoisotopic (exact) mass is 442 g/mol. The van der Waals surface area contributed by atoms with Crippen LogP contribution in [0.25, 0.3) is 22.2 Å². The van der Waals surface area contributed by atoms with Crippen molar-refractivity contribution in [1.29, 1.82) is 0 Å². The summed E-state index contributed by atoms with van der Waals surface area (Å²) in [5.74, 6) is -0.963. The van der Waals surface area contributed by atoms with Gasteiger partial charge in [0, 0.05) is 31.3 Å². The number of hydrogen-bond donors (Lipinski definition) is 0. The van der Waals surface area contributed by atoms with Crippen molar-refractivity contribution in [2.75, 3.05) is 0 Å². The van der Waals surface area contributed by atoms with Gasteiger partial charge in [-0.15, -0.1) is 6.58 Å². The molecule has 0 amide bonds. The highest BCUT2D eigenvalue weighted by Gasteiger charge is 2.37. The number of rotatable bonds is 3. The molecule has 3 heterocycles. The van der Waals surface area contributed by atoms with E-state index in [0.29, 0.717) is 13.1 Å². The third-order valence-electron chi connectivity index (χ3n) is 5.05. The highest BCUT2D eigenvalue weighted by Crippen LogP contribution is 2.33. The number of fused-ring (bicyclic) bond motifs is 2. The zero-order chi connectivity index (χ0) is 21.8. The molecule has 0 N–H and O–H groups in total. The third-order valence-corrected chi connectivity index (χ3v) is 5.43. The molecule has 0 bridgehead atoms. The summed E-state index contributed by atoms with van der Waals surface area (Å²) in [6, 6.07) is 1.91. The van der Waals surface area contributed by atoms with Crippen LogP contribution < -0.4 is 11.1 Å². The topological polar surface area (TPSA) is 61.8 Å². The average Bonchev–Trinajstić information content (AvgIpc) is 2.94. The molecule has 0 spiro atoms. The fraction of sp³-hybridized carbons (Fsp3) is 0.316. The van der Waals surface area contributed by atoms with Gasteiger partial charge in [0.2, 0.25) is 5.69 Å². The fourth-order valence-electron chi connectivity index (χ4n) is 3.70. The number of hydrogen-bond acceptors (Lipinski definition) is 3. The first kappa shape index (κ1) is 20.4. The Morgan fingerprint density at radius 1 is 1.13 bits per heavy atom. The quantitative estimate of drug-likeness (QED) is 0.457. The van der Waals surface area contributed by atoms with Crippen LogP contribution >= 0.6 is 11.6 Å². The lowest BCUT2D eigenvalue weighted by Crippen LogP contribution is -2.30. The summed E-state index contributed by atoms with van der Waals surface area (Å²) in [7, 11) is 0. The minimum absolute atomic E-state index is 0.0374. The summed E-state index contributed by atoms with van der Waals surface area (Å²) in [5, 5.41) is 0.0374. The molecule has 1 aliphatic rings. The van der Waals surface area contributed by atoms with Crippen LogP contribution in [0, 0.1) is 5.82 Å². The van der Waals surface area contributed by atoms with Crippen LogP contribution in [0.2, 0.25) is 5.15 Å². The highest BCUT2D eigenvalue weighted by molar-refractivity contribution is 6.32. The highest BCUT2D eigenvalue weighted by atomic mass is 35.5. The lowest BCUT2D eigenvalue weighted by molar-refractivity contribution is -0.142. The van der Waals surface area contributed by atoms with Gasteiger partial charge in [-0.2, -0.15) is 13.2 Å². The van der Waals surface area contributed by atoms with Crippen LogP contribution in [0.5, 0.6) is 0 Å². The Hall–Kier alpha value is -2.88. The Kier molecular flexibility index (Phi) is 4.84. The lowest BCUT2D eigenvalue weighted by atomic mass is 10.1. The van der Waals surface area contributed by atoms with Gasteiger partial charge in [0.1, 0.15) is 11.0 Å². The maximum absolute atomic E-state index is 14.9. The number of aromatic nitrogens is 4. The SMILES string of the molecule is C=CCn1c(=O)c(C(F)(F)F)nc2cc(F)c(-c3c(Cl)n4n(c3=O)CCCC4)cc21. The predicted molar refractivity (Wildman–Crippen MR) is 103 cm³/mol. The summed E-state index contributed by atoms with van der Waals surface area (Å²) >= 11 is 6.35. The summed E-state index contributed by atoms with van der Waals surface area (Å²) in [4.78, 5) is 28.6. The van der Waals surface area contributed by atoms with Gasteiger partial charge in [-0.1, -0.05) is 17.7 Å². The number of allylic oxidation sites excluding steroid dienone is 1. The van der Waals surface area contributed by atoms with Gasteiger partial charge < -0.3 is 4.57 Å². The molecule has 0 radical (unpaired) electrons. The Morgan fingerprint density at radius 3 is 2.40 bits per heavy atom. The van der Waals surface area contributed by atoms with Gasteiger partial charge >= 0.3 is 6.18 Å². The number of halogens is 5. The summed E-state index contributed by atoms with van der Waals surface area (Å²) in [6.07, 6.45) is -2.20. The van der Waals surface area contributed by atoms with E-state index in [1.807, 2.05) is 0 Å². The van der Waals surface area contributed by atoms with Gasteiger partial charge in [0.05, 0.1) is 16.6 Å². The van der Waals surface area contributed by atoms with Crippen molar-refractivity contribution in [1.82, 2.24) is 18.9 Å². The molecule has 11 heteroatoms. The van der Waals surface area contributed by atoms with Crippen molar-refractivity contribution < 1.29 is 17.6 Å². The summed E-state index contributed by atoms with van der Waals surface area (Å²) in [6.45, 7) is 4.10. The molecule has 0 saturated heterocycles. The van der Waals surface area contributed by atoms with E-state index in [-0.39, 0.29) is 33.9 Å². The first-order valence-electron chi connectivity index (χ1n) is 9.06. The van der Waals surface area contributed by atoms with E-state index in [1.165, 1.54) is 10.8 Å². The van der Waals surface area contributed by atoms with Gasteiger partial charge in [-0.3, -0.25) is 14.3 Å². The van der Waals surface area contributed by atoms with E-state index in [0.717, 1.165) is 29.5 Å². The summed E-state index contributed by atoms with van der Waals surface area (Å²) < 4.78 is 58.3. The van der Waals surface area contributed by atoms with E-state index >= 15 is 0 Å². The molecule has 0 saturated carbocycles. The second kappa shape index (κ2) is 7.12. The van der Waals surface area contributed by atoms with Gasteiger partial charge in [-0.05, 0) is 18.9 Å². The Balaban J connectivity index is 2.06. The molecular weight excluding hydrogens is 428 g/mol. The van der Waals surface area contributed by atoms with Gasteiger partial charge in [-0.25, -0.2) is 14.1 Å². The first-order valence-corrected chi connectivity index (χ1v) is 9.44. The summed E-state index contributed by atoms with van der Waals surface area (Å²) in [5.41, 5.74) is -4.27. The van der Waals surface area contributed by atoms with E-state index in [2.05, 4.69) is 11.6 Å². The van der Waals surface area contributed by atoms with Crippen molar-refractivity contribution in [3.05, 3.63) is 62.2 Å². The Labute approximate surface area is 171 Å². The molecule has 2 aromatic heterocycles. The predicted octanol–water partition coefficient (Wildman–Crippen LogP) is 3.82. The molecule has 0 fully saturated rings. The van der Waals surface area contributed by atoms with E-state index in [9.17, 15) is 27.2 Å². The Bertz CT molecular complexity index is 1300. The Morgan fingerprint density at radius 2 is 1.80 bits per heavy atom. The van der Waals surface area contributed by atoms with Crippen molar-refractivity contribution in [3.8, 4) is 11.1 Å². The lowest BCUT2D eigenvalue weighted by Gasteiger charge is -2.17. The molecule has 158 valence electrons. The normalized spacial score (nSPS) is 14.2. The van der Waals surface area contributed by atoms with Gasteiger partial charge in [0.15, 0.2) is 0 Å². The smallest absolute Gasteiger partial charge is 0.301 e. The molecule has 3 aromatic rings. The van der Waals surface area contributed by atoms with Crippen LogP contribution in [0.1, 0.15) is 18.5 Å². The molecule has 0 unspecified atom stereocenters. The molecule has 1 aromatic carbocycles. The molecule has 0 atom stereocenters. The zero-order valence-corrected chi connectivity index (χ0v) is 16.2. The van der Waals surface area contributed by atoms with Crippen LogP contribution in [-0.2, 0) is 25.8 Å². The molecule has 4 rings (SSSR count). The average molecular weight is 443 g/mol. The first-order chi connectivity index (χ1) is 14.1. The second-order valence-corrected chi connectivity index (χ2v) is 7.27. The zero-order valence-electron chi connectivity index (χ0n) is 15.5. The second-order valence-electron chi connectivity index (χ2n) is 6.91. The molecule has 30 heavy (non-hydrogen) atoms. The van der Waals surface area contributed by atoms with E-state index < -0.39 is 28.8 Å². The number of nitrogens with zero attached hydrogens (tertiary/aromatic N) is 4. The minimum Gasteiger partial charge on any atom is -0.301 e. The van der Waals surface area contributed by atoms with Crippen LogP contribution in [0.4, 0.5) is 17.6 Å². The molecule has 0 aliphatic carbocycles. The van der Waals surface area contributed by atoms with Crippen molar-refractivity contribution in [3.63, 3.8) is 0 Å². The third kappa shape index (κ3) is 3.06. The number of alkyl halides is 3. The van der Waals surface area contributed by atoms with Crippen molar-refractivity contribution in [2.45, 2.75) is 38.7 Å². The van der Waals surface area contributed by atoms with E-state index in [1.54, 1.807) is 4.68 Å². The standard InChI is InChI=1S/C19H15ClF4N4O2/c1-2-5-26-13-8-10(14-16(20)27-6-3-4-7-28(27)17(14)29)11(21)9-12(13)25-15(18(26)30)19(22,23)24/h2,8-9H,1,3-7H2. The maximum Gasteiger partial charge on any atom is 0.438 e. The van der Waals surface area contributed by atoms with Gasteiger partial charge in [0.25, 0.3) is 11.1 Å². The van der Waals surface area contributed by atoms with Crippen LogP contribution in [0.3, 0.4) is 0 Å².